The number of benzene rings is 2. The lowest BCUT2D eigenvalue weighted by atomic mass is 9.70. The lowest BCUT2D eigenvalue weighted by molar-refractivity contribution is -0.123. The van der Waals surface area contributed by atoms with Gasteiger partial charge in [0, 0.05) is 22.9 Å². The van der Waals surface area contributed by atoms with Gasteiger partial charge < -0.3 is 20.3 Å². The second kappa shape index (κ2) is 7.98. The molecule has 1 heterocycles. The molecule has 0 aromatic heterocycles. The van der Waals surface area contributed by atoms with E-state index < -0.39 is 34.3 Å². The smallest absolute Gasteiger partial charge is 0.194 e. The number of carbonyl (C=O) groups is 4. The molecule has 4 rings (SSSR count). The lowest BCUT2D eigenvalue weighted by Gasteiger charge is -2.29. The highest BCUT2D eigenvalue weighted by atomic mass is 16.5. The van der Waals surface area contributed by atoms with Crippen molar-refractivity contribution < 1.29 is 34.1 Å². The molecule has 8 nitrogen and oxygen atoms in total. The maximum Gasteiger partial charge on any atom is 0.194 e. The summed E-state index contributed by atoms with van der Waals surface area (Å²) >= 11 is 0. The van der Waals surface area contributed by atoms with Crippen molar-refractivity contribution in [3.63, 3.8) is 0 Å². The molecule has 174 valence electrons. The largest absolute Gasteiger partial charge is 0.507 e. The Morgan fingerprint density at radius 1 is 1.06 bits per heavy atom. The molecule has 0 saturated carbocycles. The normalized spacial score (nSPS) is 20.2. The minimum absolute atomic E-state index is 0.0161. The molecule has 0 bridgehead atoms. The van der Waals surface area contributed by atoms with Gasteiger partial charge in [0.25, 0.3) is 0 Å². The van der Waals surface area contributed by atoms with Crippen molar-refractivity contribution in [1.29, 1.82) is 0 Å². The molecule has 2 aromatic rings. The lowest BCUT2D eigenvalue weighted by Crippen LogP contribution is -2.41. The molecule has 34 heavy (non-hydrogen) atoms. The van der Waals surface area contributed by atoms with E-state index in [2.05, 4.69) is 5.32 Å². The summed E-state index contributed by atoms with van der Waals surface area (Å²) in [6.07, 6.45) is 1.14. The Balaban J connectivity index is 1.78. The second-order valence-electron chi connectivity index (χ2n) is 8.53. The third-order valence-corrected chi connectivity index (χ3v) is 6.37. The fourth-order valence-electron chi connectivity index (χ4n) is 4.39. The van der Waals surface area contributed by atoms with E-state index in [1.807, 2.05) is 0 Å². The molecular weight excluding hydrogens is 438 g/mol. The van der Waals surface area contributed by atoms with Crippen LogP contribution in [-0.4, -0.2) is 39.9 Å². The summed E-state index contributed by atoms with van der Waals surface area (Å²) in [5.41, 5.74) is -1.23. The number of phenolic OH excluding ortho intramolecular Hbond substituents is 2. The van der Waals surface area contributed by atoms with Crippen molar-refractivity contribution in [3.05, 3.63) is 75.7 Å². The summed E-state index contributed by atoms with van der Waals surface area (Å²) in [4.78, 5) is 51.3. The Labute approximate surface area is 195 Å². The molecule has 1 aliphatic carbocycles. The fraction of sp³-hybridized carbons (Fsp3) is 0.231. The van der Waals surface area contributed by atoms with Crippen LogP contribution < -0.4 is 10.1 Å². The summed E-state index contributed by atoms with van der Waals surface area (Å²) in [5.74, 6) is -3.05. The van der Waals surface area contributed by atoms with Gasteiger partial charge in [-0.2, -0.15) is 0 Å². The number of aromatic hydroxyl groups is 2. The minimum atomic E-state index is -1.60. The van der Waals surface area contributed by atoms with Crippen molar-refractivity contribution in [2.24, 2.45) is 0 Å². The van der Waals surface area contributed by atoms with Crippen LogP contribution in [-0.2, 0) is 15.0 Å². The molecule has 1 aliphatic heterocycles. The number of allylic oxidation sites excluding steroid dienone is 4. The van der Waals surface area contributed by atoms with E-state index in [0.717, 1.165) is 6.08 Å². The number of rotatable bonds is 5. The highest BCUT2D eigenvalue weighted by Gasteiger charge is 2.56. The molecule has 2 aromatic carbocycles. The van der Waals surface area contributed by atoms with E-state index in [9.17, 15) is 29.4 Å². The second-order valence-corrected chi connectivity index (χ2v) is 8.53. The third-order valence-electron chi connectivity index (χ3n) is 6.37. The number of ketones is 4. The van der Waals surface area contributed by atoms with Crippen LogP contribution in [0.3, 0.4) is 0 Å². The molecule has 0 amide bonds. The first-order chi connectivity index (χ1) is 16.0. The van der Waals surface area contributed by atoms with E-state index in [1.54, 1.807) is 30.3 Å². The number of phenols is 2. The number of nitrogens with one attached hydrogen (secondary N) is 1. The molecule has 3 N–H and O–H groups in total. The first kappa shape index (κ1) is 23.0. The van der Waals surface area contributed by atoms with Crippen molar-refractivity contribution in [3.8, 4) is 17.2 Å². The Kier molecular flexibility index (Phi) is 5.39. The summed E-state index contributed by atoms with van der Waals surface area (Å²) < 4.78 is 5.73. The van der Waals surface area contributed by atoms with Gasteiger partial charge in [-0.25, -0.2) is 0 Å². The van der Waals surface area contributed by atoms with E-state index in [1.165, 1.54) is 27.7 Å². The molecule has 0 radical (unpaired) electrons. The van der Waals surface area contributed by atoms with Crippen molar-refractivity contribution in [1.82, 2.24) is 5.32 Å². The minimum Gasteiger partial charge on any atom is -0.507 e. The maximum atomic E-state index is 13.7. The number of Topliss-reactive ketones (excluding diaryl/α,β-unsaturated/α-hetero) is 3. The van der Waals surface area contributed by atoms with Crippen LogP contribution in [0.5, 0.6) is 17.2 Å². The zero-order chi connectivity index (χ0) is 24.9. The monoisotopic (exact) mass is 461 g/mol. The SMILES string of the molecule is CC(=O)c1c(O)c(C)c(O)c2c1OC1=CC(=O)/C(=C(/C)NCC(=O)c3ccccc3)C(=O)[C@@]12C. The summed E-state index contributed by atoms with van der Waals surface area (Å²) in [5, 5.41) is 24.1. The number of hydrogen-bond donors (Lipinski definition) is 3. The van der Waals surface area contributed by atoms with E-state index in [4.69, 9.17) is 4.74 Å². The predicted octanol–water partition coefficient (Wildman–Crippen LogP) is 3.04. The standard InChI is InChI=1S/C26H23NO7/c1-12-22(31)20(14(3)28)24-21(23(12)32)26(4)18(34-24)10-16(29)19(25(26)33)13(2)27-11-17(30)15-8-6-5-7-9-15/h5-10,27,31-32H,11H2,1-4H3/b19-13+/t26-/m0/s1. The van der Waals surface area contributed by atoms with Crippen LogP contribution in [0.15, 0.2) is 53.4 Å². The van der Waals surface area contributed by atoms with Crippen molar-refractivity contribution >= 4 is 23.1 Å². The molecule has 0 saturated heterocycles. The Morgan fingerprint density at radius 2 is 1.71 bits per heavy atom. The zero-order valence-electron chi connectivity index (χ0n) is 19.1. The van der Waals surface area contributed by atoms with Gasteiger partial charge in [-0.3, -0.25) is 19.2 Å². The molecule has 0 spiro atoms. The quantitative estimate of drug-likeness (QED) is 0.352. The van der Waals surface area contributed by atoms with Gasteiger partial charge >= 0.3 is 0 Å². The topological polar surface area (TPSA) is 130 Å². The number of hydrogen-bond acceptors (Lipinski definition) is 8. The average molecular weight is 461 g/mol. The number of ether oxygens (including phenoxy) is 1. The number of carbonyl (C=O) groups excluding carboxylic acids is 4. The molecule has 0 fully saturated rings. The van der Waals surface area contributed by atoms with E-state index in [-0.39, 0.29) is 51.8 Å². The molecule has 0 unspecified atom stereocenters. The number of fused-ring (bicyclic) bond motifs is 3. The summed E-state index contributed by atoms with van der Waals surface area (Å²) in [6.45, 7) is 5.52. The average Bonchev–Trinajstić information content (AvgIpc) is 3.09. The van der Waals surface area contributed by atoms with Crippen LogP contribution in [0.25, 0.3) is 0 Å². The molecular formula is C26H23NO7. The summed E-state index contributed by atoms with van der Waals surface area (Å²) in [6, 6.07) is 8.59. The maximum absolute atomic E-state index is 13.7. The van der Waals surface area contributed by atoms with Crippen LogP contribution in [0, 0.1) is 6.92 Å². The van der Waals surface area contributed by atoms with Crippen LogP contribution in [0.2, 0.25) is 0 Å². The van der Waals surface area contributed by atoms with Gasteiger partial charge in [-0.15, -0.1) is 0 Å². The third kappa shape index (κ3) is 3.22. The van der Waals surface area contributed by atoms with Crippen LogP contribution in [0.1, 0.15) is 52.6 Å². The van der Waals surface area contributed by atoms with Gasteiger partial charge in [0.05, 0.1) is 17.7 Å². The molecule has 8 heteroatoms. The fourth-order valence-corrected chi connectivity index (χ4v) is 4.39. The first-order valence-corrected chi connectivity index (χ1v) is 10.6. The van der Waals surface area contributed by atoms with E-state index in [0.29, 0.717) is 5.56 Å². The highest BCUT2D eigenvalue weighted by molar-refractivity contribution is 6.31. The van der Waals surface area contributed by atoms with Crippen LogP contribution in [0.4, 0.5) is 0 Å². The van der Waals surface area contributed by atoms with Gasteiger partial charge in [-0.05, 0) is 27.7 Å². The summed E-state index contributed by atoms with van der Waals surface area (Å²) in [7, 11) is 0. The van der Waals surface area contributed by atoms with Crippen LogP contribution >= 0.6 is 0 Å². The molecule has 1 atom stereocenters. The predicted molar refractivity (Wildman–Crippen MR) is 122 cm³/mol. The van der Waals surface area contributed by atoms with Gasteiger partial charge in [0.2, 0.25) is 0 Å². The van der Waals surface area contributed by atoms with Crippen molar-refractivity contribution in [2.75, 3.05) is 6.54 Å². The van der Waals surface area contributed by atoms with E-state index >= 15 is 0 Å². The van der Waals surface area contributed by atoms with Crippen molar-refractivity contribution in [2.45, 2.75) is 33.1 Å². The Hall–Kier alpha value is -4.20. The van der Waals surface area contributed by atoms with Gasteiger partial charge in [0.1, 0.15) is 34.0 Å². The Morgan fingerprint density at radius 3 is 2.32 bits per heavy atom. The Bertz CT molecular complexity index is 1350. The zero-order valence-corrected chi connectivity index (χ0v) is 19.1. The highest BCUT2D eigenvalue weighted by Crippen LogP contribution is 2.57. The van der Waals surface area contributed by atoms with Gasteiger partial charge in [-0.1, -0.05) is 30.3 Å². The van der Waals surface area contributed by atoms with Gasteiger partial charge in [0.15, 0.2) is 23.1 Å². The first-order valence-electron chi connectivity index (χ1n) is 10.6. The molecule has 2 aliphatic rings.